The van der Waals surface area contributed by atoms with Gasteiger partial charge in [-0.2, -0.15) is 0 Å². The monoisotopic (exact) mass is 331 g/mol. The molecule has 0 spiro atoms. The summed E-state index contributed by atoms with van der Waals surface area (Å²) in [5, 5.41) is 0. The summed E-state index contributed by atoms with van der Waals surface area (Å²) >= 11 is 0. The largest absolute Gasteiger partial charge is 0.461 e. The van der Waals surface area contributed by atoms with Gasteiger partial charge in [0.25, 0.3) is 0 Å². The van der Waals surface area contributed by atoms with Crippen LogP contribution in [-0.4, -0.2) is 36.6 Å². The number of carbonyl (C=O) groups excluding carboxylic acids is 1. The third-order valence-corrected chi connectivity index (χ3v) is 7.41. The normalized spacial score (nSPS) is 43.8. The molecular formula is C21H33NO2. The molecular weight excluding hydrogens is 298 g/mol. The van der Waals surface area contributed by atoms with Crippen LogP contribution in [0.3, 0.4) is 0 Å². The number of piperidine rings is 1. The maximum Gasteiger partial charge on any atom is 0.311 e. The fourth-order valence-electron chi connectivity index (χ4n) is 5.78. The van der Waals surface area contributed by atoms with Gasteiger partial charge in [-0.1, -0.05) is 38.8 Å². The van der Waals surface area contributed by atoms with Gasteiger partial charge in [-0.05, 0) is 62.4 Å². The number of rotatable bonds is 2. The van der Waals surface area contributed by atoms with Gasteiger partial charge in [0.15, 0.2) is 0 Å². The second-order valence-corrected chi connectivity index (χ2v) is 9.32. The molecule has 2 heterocycles. The molecule has 0 unspecified atom stereocenters. The Bertz CT molecular complexity index is 534. The number of likely N-dealkylation sites (tertiary alicyclic amines) is 1. The minimum absolute atomic E-state index is 0.0644. The molecule has 0 N–H and O–H groups in total. The molecule has 0 radical (unpaired) electrons. The van der Waals surface area contributed by atoms with E-state index in [9.17, 15) is 4.79 Å². The molecule has 24 heavy (non-hydrogen) atoms. The average molecular weight is 332 g/mol. The van der Waals surface area contributed by atoms with Gasteiger partial charge < -0.3 is 9.64 Å². The van der Waals surface area contributed by atoms with Crippen LogP contribution in [0.5, 0.6) is 0 Å². The summed E-state index contributed by atoms with van der Waals surface area (Å²) in [5.74, 6) is 1.97. The van der Waals surface area contributed by atoms with Gasteiger partial charge in [-0.3, -0.25) is 4.79 Å². The molecule has 0 aromatic rings. The van der Waals surface area contributed by atoms with Crippen molar-refractivity contribution in [3.05, 3.63) is 11.6 Å². The zero-order chi connectivity index (χ0) is 16.9. The van der Waals surface area contributed by atoms with Gasteiger partial charge in [0.1, 0.15) is 6.10 Å². The maximum absolute atomic E-state index is 12.6. The second-order valence-electron chi connectivity index (χ2n) is 9.32. The Balaban J connectivity index is 1.53. The first kappa shape index (κ1) is 16.6. The van der Waals surface area contributed by atoms with E-state index in [0.29, 0.717) is 11.8 Å². The Morgan fingerprint density at radius 3 is 2.75 bits per heavy atom. The fourth-order valence-corrected chi connectivity index (χ4v) is 5.78. The van der Waals surface area contributed by atoms with E-state index in [1.165, 1.54) is 32.1 Å². The van der Waals surface area contributed by atoms with Crippen molar-refractivity contribution in [2.45, 2.75) is 65.4 Å². The molecule has 1 saturated carbocycles. The van der Waals surface area contributed by atoms with Crippen LogP contribution in [0.1, 0.15) is 59.3 Å². The summed E-state index contributed by atoms with van der Waals surface area (Å²) < 4.78 is 5.88. The first-order valence-corrected chi connectivity index (χ1v) is 10.1. The third-order valence-electron chi connectivity index (χ3n) is 7.41. The zero-order valence-electron chi connectivity index (χ0n) is 15.6. The van der Waals surface area contributed by atoms with Crippen LogP contribution in [0.4, 0.5) is 0 Å². The highest BCUT2D eigenvalue weighted by molar-refractivity contribution is 5.76. The van der Waals surface area contributed by atoms with Crippen LogP contribution in [0.2, 0.25) is 0 Å². The first-order valence-electron chi connectivity index (χ1n) is 10.1. The number of esters is 1. The quantitative estimate of drug-likeness (QED) is 0.565. The third kappa shape index (κ3) is 2.83. The topological polar surface area (TPSA) is 29.5 Å². The van der Waals surface area contributed by atoms with Crippen molar-refractivity contribution in [2.24, 2.45) is 29.1 Å². The summed E-state index contributed by atoms with van der Waals surface area (Å²) in [5.41, 5.74) is 1.90. The van der Waals surface area contributed by atoms with Crippen LogP contribution in [0, 0.1) is 29.1 Å². The number of ether oxygens (including phenoxy) is 1. The van der Waals surface area contributed by atoms with E-state index in [4.69, 9.17) is 4.74 Å². The molecule has 0 bridgehead atoms. The van der Waals surface area contributed by atoms with E-state index in [2.05, 4.69) is 31.7 Å². The van der Waals surface area contributed by atoms with E-state index in [1.54, 1.807) is 5.57 Å². The number of hydrogen-bond acceptors (Lipinski definition) is 3. The van der Waals surface area contributed by atoms with Crippen LogP contribution in [-0.2, 0) is 9.53 Å². The van der Waals surface area contributed by atoms with Gasteiger partial charge >= 0.3 is 5.97 Å². The minimum Gasteiger partial charge on any atom is -0.461 e. The lowest BCUT2D eigenvalue weighted by molar-refractivity contribution is -0.145. The predicted molar refractivity (Wildman–Crippen MR) is 95.5 cm³/mol. The molecule has 2 saturated heterocycles. The fraction of sp³-hybridized carbons (Fsp3) is 0.857. The molecule has 4 aliphatic rings. The number of carbonyl (C=O) groups is 1. The van der Waals surface area contributed by atoms with Crippen molar-refractivity contribution in [1.29, 1.82) is 0 Å². The Morgan fingerprint density at radius 1 is 1.25 bits per heavy atom. The second kappa shape index (κ2) is 6.16. The summed E-state index contributed by atoms with van der Waals surface area (Å²) in [6.45, 7) is 10.3. The van der Waals surface area contributed by atoms with Gasteiger partial charge in [0, 0.05) is 12.5 Å². The van der Waals surface area contributed by atoms with Gasteiger partial charge in [-0.25, -0.2) is 0 Å². The highest BCUT2D eigenvalue weighted by atomic mass is 16.6. The summed E-state index contributed by atoms with van der Waals surface area (Å²) in [4.78, 5) is 15.1. The van der Waals surface area contributed by atoms with Crippen LogP contribution >= 0.6 is 0 Å². The van der Waals surface area contributed by atoms with Crippen molar-refractivity contribution in [3.63, 3.8) is 0 Å². The standard InChI is InChI=1S/C21H33NO2/c1-14-6-9-22(10-7-14)13-17-16-11-18-15(2)5-4-8-21(18,3)12-19(16)24-20(17)23/h11,14-17,19H,4-10,12-13H2,1-3H3/t15-,16+,17+,19+,21+/m0/s1. The number of nitrogens with zero attached hydrogens (tertiary/aromatic N) is 1. The van der Waals surface area contributed by atoms with Crippen LogP contribution in [0.15, 0.2) is 11.6 Å². The van der Waals surface area contributed by atoms with Crippen molar-refractivity contribution >= 4 is 5.97 Å². The molecule has 134 valence electrons. The molecule has 0 aromatic carbocycles. The van der Waals surface area contributed by atoms with Crippen LogP contribution < -0.4 is 0 Å². The lowest BCUT2D eigenvalue weighted by Gasteiger charge is -2.46. The number of hydrogen-bond donors (Lipinski definition) is 0. The van der Waals surface area contributed by atoms with Crippen molar-refractivity contribution in [1.82, 2.24) is 4.90 Å². The molecule has 2 aliphatic heterocycles. The smallest absolute Gasteiger partial charge is 0.311 e. The Morgan fingerprint density at radius 2 is 2.00 bits per heavy atom. The lowest BCUT2D eigenvalue weighted by atomic mass is 9.59. The Labute approximate surface area is 146 Å². The van der Waals surface area contributed by atoms with E-state index < -0.39 is 0 Å². The van der Waals surface area contributed by atoms with Crippen molar-refractivity contribution in [2.75, 3.05) is 19.6 Å². The van der Waals surface area contributed by atoms with Crippen LogP contribution in [0.25, 0.3) is 0 Å². The lowest BCUT2D eigenvalue weighted by Crippen LogP contribution is -2.42. The summed E-state index contributed by atoms with van der Waals surface area (Å²) in [6.07, 6.45) is 10.1. The molecule has 2 aliphatic carbocycles. The predicted octanol–water partition coefficient (Wildman–Crippen LogP) is 4.03. The van der Waals surface area contributed by atoms with Gasteiger partial charge in [0.05, 0.1) is 5.92 Å². The molecule has 0 aromatic heterocycles. The van der Waals surface area contributed by atoms with Gasteiger partial charge in [0.2, 0.25) is 0 Å². The van der Waals surface area contributed by atoms with Crippen molar-refractivity contribution < 1.29 is 9.53 Å². The SMILES string of the molecule is CC1CCN(C[C@H]2C(=O)O[C@@H]3C[C@@]4(C)CCC[C@H](C)C4=C[C@@H]32)CC1. The number of fused-ring (bicyclic) bond motifs is 2. The molecule has 3 nitrogen and oxygen atoms in total. The zero-order valence-corrected chi connectivity index (χ0v) is 15.6. The highest BCUT2D eigenvalue weighted by Crippen LogP contribution is 2.54. The van der Waals surface area contributed by atoms with E-state index in [-0.39, 0.29) is 23.4 Å². The number of allylic oxidation sites excluding steroid dienone is 1. The van der Waals surface area contributed by atoms with Gasteiger partial charge in [-0.15, -0.1) is 0 Å². The molecule has 0 amide bonds. The Kier molecular flexibility index (Phi) is 4.27. The van der Waals surface area contributed by atoms with E-state index >= 15 is 0 Å². The molecule has 3 fully saturated rings. The maximum atomic E-state index is 12.6. The Hall–Kier alpha value is -0.830. The summed E-state index contributed by atoms with van der Waals surface area (Å²) in [7, 11) is 0. The average Bonchev–Trinajstić information content (AvgIpc) is 2.82. The summed E-state index contributed by atoms with van der Waals surface area (Å²) in [6, 6.07) is 0. The first-order chi connectivity index (χ1) is 11.5. The highest BCUT2D eigenvalue weighted by Gasteiger charge is 2.51. The minimum atomic E-state index is 0.0644. The molecule has 3 heteroatoms. The van der Waals surface area contributed by atoms with Crippen molar-refractivity contribution in [3.8, 4) is 0 Å². The molecule has 4 rings (SSSR count). The molecule has 5 atom stereocenters. The van der Waals surface area contributed by atoms with E-state index in [1.807, 2.05) is 0 Å². The van der Waals surface area contributed by atoms with E-state index in [0.717, 1.165) is 32.0 Å².